The monoisotopic (exact) mass is 188 g/mol. The zero-order valence-electron chi connectivity index (χ0n) is 4.23. The number of hydrogen-bond acceptors (Lipinski definition) is 1. The van der Waals surface area contributed by atoms with Crippen molar-refractivity contribution in [1.29, 1.82) is 0 Å². The average molecular weight is 189 g/mol. The van der Waals surface area contributed by atoms with E-state index in [0.717, 1.165) is 3.79 Å². The van der Waals surface area contributed by atoms with Gasteiger partial charge in [-0.3, -0.25) is 0 Å². The lowest BCUT2D eigenvalue weighted by Crippen LogP contribution is -1.45. The molecule has 1 rings (SSSR count). The fourth-order valence-electron chi connectivity index (χ4n) is 0.438. The zero-order chi connectivity index (χ0) is 5.98. The Bertz CT molecular complexity index is 190. The molecule has 0 spiro atoms. The highest BCUT2D eigenvalue weighted by Gasteiger charge is 1.88. The SMILES string of the molecule is C=Cc1ccc(Br)s1. The molecule has 42 valence electrons. The van der Waals surface area contributed by atoms with E-state index in [0.29, 0.717) is 0 Å². The first-order valence-corrected chi connectivity index (χ1v) is 3.81. The number of halogens is 1. The molecule has 0 fully saturated rings. The summed E-state index contributed by atoms with van der Waals surface area (Å²) in [5.41, 5.74) is 0. The van der Waals surface area contributed by atoms with E-state index in [4.69, 9.17) is 0 Å². The summed E-state index contributed by atoms with van der Waals surface area (Å²) < 4.78 is 1.16. The molecule has 0 bridgehead atoms. The fourth-order valence-corrected chi connectivity index (χ4v) is 1.71. The summed E-state index contributed by atoms with van der Waals surface area (Å²) in [7, 11) is 0. The van der Waals surface area contributed by atoms with Crippen molar-refractivity contribution in [2.75, 3.05) is 0 Å². The van der Waals surface area contributed by atoms with Crippen molar-refractivity contribution in [3.05, 3.63) is 27.4 Å². The molecule has 0 amide bonds. The Hall–Kier alpha value is -0.0800. The predicted octanol–water partition coefficient (Wildman–Crippen LogP) is 3.15. The molecule has 0 N–H and O–H groups in total. The van der Waals surface area contributed by atoms with Crippen LogP contribution >= 0.6 is 27.3 Å². The van der Waals surface area contributed by atoms with Crippen LogP contribution < -0.4 is 0 Å². The molecule has 0 saturated carbocycles. The van der Waals surface area contributed by atoms with Crippen molar-refractivity contribution in [2.24, 2.45) is 0 Å². The average Bonchev–Trinajstić information content (AvgIpc) is 2.14. The lowest BCUT2D eigenvalue weighted by Gasteiger charge is -1.73. The van der Waals surface area contributed by atoms with E-state index in [2.05, 4.69) is 22.5 Å². The van der Waals surface area contributed by atoms with E-state index < -0.39 is 0 Å². The summed E-state index contributed by atoms with van der Waals surface area (Å²) in [6.07, 6.45) is 1.84. The topological polar surface area (TPSA) is 0 Å². The number of thiophene rings is 1. The highest BCUT2D eigenvalue weighted by Crippen LogP contribution is 2.22. The smallest absolute Gasteiger partial charge is 0.0704 e. The zero-order valence-corrected chi connectivity index (χ0v) is 6.63. The lowest BCUT2D eigenvalue weighted by atomic mass is 10.5. The van der Waals surface area contributed by atoms with Gasteiger partial charge in [0.1, 0.15) is 0 Å². The van der Waals surface area contributed by atoms with Gasteiger partial charge in [0.05, 0.1) is 3.79 Å². The molecule has 0 aromatic carbocycles. The van der Waals surface area contributed by atoms with Gasteiger partial charge in [-0.2, -0.15) is 0 Å². The molecule has 1 aromatic heterocycles. The van der Waals surface area contributed by atoms with Crippen LogP contribution in [0.3, 0.4) is 0 Å². The minimum absolute atomic E-state index is 1.16. The highest BCUT2D eigenvalue weighted by atomic mass is 79.9. The van der Waals surface area contributed by atoms with E-state index in [9.17, 15) is 0 Å². The van der Waals surface area contributed by atoms with Crippen LogP contribution in [0.4, 0.5) is 0 Å². The third kappa shape index (κ3) is 1.20. The van der Waals surface area contributed by atoms with Crippen molar-refractivity contribution in [2.45, 2.75) is 0 Å². The van der Waals surface area contributed by atoms with Crippen LogP contribution in [0.5, 0.6) is 0 Å². The molecular weight excluding hydrogens is 184 g/mol. The molecule has 0 nitrogen and oxygen atoms in total. The van der Waals surface area contributed by atoms with Crippen molar-refractivity contribution in [3.63, 3.8) is 0 Å². The first-order valence-electron chi connectivity index (χ1n) is 2.20. The minimum atomic E-state index is 1.16. The quantitative estimate of drug-likeness (QED) is 0.636. The van der Waals surface area contributed by atoms with Crippen LogP contribution in [0.2, 0.25) is 0 Å². The molecule has 0 aliphatic carbocycles. The number of hydrogen-bond donors (Lipinski definition) is 0. The van der Waals surface area contributed by atoms with Gasteiger partial charge in [0.15, 0.2) is 0 Å². The van der Waals surface area contributed by atoms with Gasteiger partial charge in [-0.05, 0) is 28.1 Å². The van der Waals surface area contributed by atoms with E-state index >= 15 is 0 Å². The molecule has 0 atom stereocenters. The second-order valence-corrected chi connectivity index (χ2v) is 3.84. The molecule has 1 aromatic rings. The largest absolute Gasteiger partial charge is 0.129 e. The van der Waals surface area contributed by atoms with Crippen LogP contribution in [0.1, 0.15) is 4.88 Å². The lowest BCUT2D eigenvalue weighted by molar-refractivity contribution is 1.93. The van der Waals surface area contributed by atoms with Crippen LogP contribution in [0.15, 0.2) is 22.5 Å². The van der Waals surface area contributed by atoms with Gasteiger partial charge in [0.25, 0.3) is 0 Å². The summed E-state index contributed by atoms with van der Waals surface area (Å²) in [4.78, 5) is 1.21. The van der Waals surface area contributed by atoms with Crippen molar-refractivity contribution in [3.8, 4) is 0 Å². The van der Waals surface area contributed by atoms with Crippen LogP contribution in [-0.4, -0.2) is 0 Å². The molecule has 2 heteroatoms. The second kappa shape index (κ2) is 2.46. The molecule has 8 heavy (non-hydrogen) atoms. The fraction of sp³-hybridized carbons (Fsp3) is 0. The first kappa shape index (κ1) is 6.05. The first-order chi connectivity index (χ1) is 3.83. The van der Waals surface area contributed by atoms with E-state index in [1.54, 1.807) is 11.3 Å². The molecule has 0 unspecified atom stereocenters. The van der Waals surface area contributed by atoms with E-state index in [-0.39, 0.29) is 0 Å². The summed E-state index contributed by atoms with van der Waals surface area (Å²) in [6.45, 7) is 3.63. The third-order valence-electron chi connectivity index (χ3n) is 0.795. The second-order valence-electron chi connectivity index (χ2n) is 1.35. The summed E-state index contributed by atoms with van der Waals surface area (Å²) >= 11 is 5.03. The Morgan fingerprint density at radius 1 is 1.62 bits per heavy atom. The standard InChI is InChI=1S/C6H5BrS/c1-2-5-3-4-6(7)8-5/h2-4H,1H2. The highest BCUT2D eigenvalue weighted by molar-refractivity contribution is 9.11. The van der Waals surface area contributed by atoms with Crippen molar-refractivity contribution in [1.82, 2.24) is 0 Å². The molecule has 0 aliphatic heterocycles. The van der Waals surface area contributed by atoms with Crippen LogP contribution in [0.25, 0.3) is 6.08 Å². The Balaban J connectivity index is 3.00. The van der Waals surface area contributed by atoms with Crippen molar-refractivity contribution < 1.29 is 0 Å². The van der Waals surface area contributed by atoms with Gasteiger partial charge in [0.2, 0.25) is 0 Å². The van der Waals surface area contributed by atoms with Gasteiger partial charge in [0, 0.05) is 4.88 Å². The minimum Gasteiger partial charge on any atom is -0.129 e. The maximum Gasteiger partial charge on any atom is 0.0704 e. The van der Waals surface area contributed by atoms with Gasteiger partial charge in [-0.15, -0.1) is 11.3 Å². The maximum absolute atomic E-state index is 3.63. The van der Waals surface area contributed by atoms with E-state index in [1.807, 2.05) is 18.2 Å². The predicted molar refractivity (Wildman–Crippen MR) is 42.1 cm³/mol. The normalized spacial score (nSPS) is 9.12. The Morgan fingerprint density at radius 2 is 2.38 bits per heavy atom. The Morgan fingerprint density at radius 3 is 2.62 bits per heavy atom. The maximum atomic E-state index is 3.63. The molecule has 1 heterocycles. The van der Waals surface area contributed by atoms with Gasteiger partial charge < -0.3 is 0 Å². The van der Waals surface area contributed by atoms with E-state index in [1.165, 1.54) is 4.88 Å². The van der Waals surface area contributed by atoms with Crippen LogP contribution in [-0.2, 0) is 0 Å². The van der Waals surface area contributed by atoms with Gasteiger partial charge in [-0.25, -0.2) is 0 Å². The van der Waals surface area contributed by atoms with Gasteiger partial charge >= 0.3 is 0 Å². The van der Waals surface area contributed by atoms with Crippen molar-refractivity contribution >= 4 is 33.3 Å². The van der Waals surface area contributed by atoms with Gasteiger partial charge in [-0.1, -0.05) is 12.7 Å². The summed E-state index contributed by atoms with van der Waals surface area (Å²) in [5, 5.41) is 0. The third-order valence-corrected chi connectivity index (χ3v) is 2.41. The molecule has 0 saturated heterocycles. The van der Waals surface area contributed by atoms with Crippen LogP contribution in [0, 0.1) is 0 Å². The molecule has 0 aliphatic rings. The Labute approximate surface area is 61.0 Å². The molecule has 0 radical (unpaired) electrons. The molecular formula is C6H5BrS. The summed E-state index contributed by atoms with van der Waals surface area (Å²) in [6, 6.07) is 4.05. The summed E-state index contributed by atoms with van der Waals surface area (Å²) in [5.74, 6) is 0. The number of rotatable bonds is 1. The Kier molecular flexibility index (Phi) is 1.86.